The van der Waals surface area contributed by atoms with E-state index >= 15 is 0 Å². The van der Waals surface area contributed by atoms with E-state index in [1.807, 2.05) is 72.2 Å². The number of nitrogens with zero attached hydrogens (tertiary/aromatic N) is 3. The number of rotatable bonds is 10. The zero-order valence-electron chi connectivity index (χ0n) is 19.1. The first kappa shape index (κ1) is 23.4. The average molecular weight is 475 g/mol. The van der Waals surface area contributed by atoms with Gasteiger partial charge in [0.2, 0.25) is 5.91 Å². The number of hydrogen-bond donors (Lipinski definition) is 1. The molecule has 0 atom stereocenters. The van der Waals surface area contributed by atoms with Gasteiger partial charge in [-0.15, -0.1) is 10.2 Å². The van der Waals surface area contributed by atoms with E-state index in [9.17, 15) is 4.79 Å². The van der Waals surface area contributed by atoms with Gasteiger partial charge in [-0.3, -0.25) is 9.36 Å². The molecule has 1 N–H and O–H groups in total. The second kappa shape index (κ2) is 11.4. The molecule has 4 rings (SSSR count). The molecule has 0 aliphatic heterocycles. The summed E-state index contributed by atoms with van der Waals surface area (Å²) in [6.45, 7) is 2.56. The number of methoxy groups -OCH3 is 1. The fourth-order valence-electron chi connectivity index (χ4n) is 3.43. The normalized spacial score (nSPS) is 10.6. The highest BCUT2D eigenvalue weighted by Crippen LogP contribution is 2.25. The molecule has 174 valence electrons. The molecule has 0 spiro atoms. The summed E-state index contributed by atoms with van der Waals surface area (Å²) in [5.41, 5.74) is 2.73. The molecule has 0 aliphatic carbocycles. The Labute approximate surface area is 203 Å². The Kier molecular flexibility index (Phi) is 7.83. The minimum absolute atomic E-state index is 0.135. The van der Waals surface area contributed by atoms with Crippen LogP contribution in [0.1, 0.15) is 18.3 Å². The quantitative estimate of drug-likeness (QED) is 0.326. The van der Waals surface area contributed by atoms with E-state index in [0.717, 1.165) is 22.8 Å². The number of thioether (sulfide) groups is 1. The molecule has 1 heterocycles. The molecule has 0 fully saturated rings. The molecule has 0 aliphatic rings. The number of carbonyl (C=O) groups excluding carboxylic acids is 1. The van der Waals surface area contributed by atoms with E-state index in [4.69, 9.17) is 9.47 Å². The van der Waals surface area contributed by atoms with Crippen molar-refractivity contribution in [3.63, 3.8) is 0 Å². The van der Waals surface area contributed by atoms with Crippen LogP contribution in [-0.2, 0) is 11.2 Å². The SMILES string of the molecule is CCOc1ccc(-n2c(Cc3ccccc3)nnc2SCC(=O)Nc2cccc(OC)c2)cc1. The maximum absolute atomic E-state index is 12.6. The molecule has 0 saturated carbocycles. The summed E-state index contributed by atoms with van der Waals surface area (Å²) in [5.74, 6) is 2.34. The Hall–Kier alpha value is -3.78. The van der Waals surface area contributed by atoms with E-state index < -0.39 is 0 Å². The fraction of sp³-hybridized carbons (Fsp3) is 0.192. The van der Waals surface area contributed by atoms with E-state index in [2.05, 4.69) is 27.6 Å². The number of anilines is 1. The monoisotopic (exact) mass is 474 g/mol. The van der Waals surface area contributed by atoms with Crippen molar-refractivity contribution < 1.29 is 14.3 Å². The predicted molar refractivity (Wildman–Crippen MR) is 134 cm³/mol. The second-order valence-corrected chi connectivity index (χ2v) is 8.33. The lowest BCUT2D eigenvalue weighted by Crippen LogP contribution is -2.14. The smallest absolute Gasteiger partial charge is 0.234 e. The van der Waals surface area contributed by atoms with Gasteiger partial charge < -0.3 is 14.8 Å². The van der Waals surface area contributed by atoms with Crippen LogP contribution in [-0.4, -0.2) is 40.1 Å². The topological polar surface area (TPSA) is 78.3 Å². The number of aromatic nitrogens is 3. The van der Waals surface area contributed by atoms with Crippen molar-refractivity contribution in [2.45, 2.75) is 18.5 Å². The summed E-state index contributed by atoms with van der Waals surface area (Å²) >= 11 is 1.34. The highest BCUT2D eigenvalue weighted by atomic mass is 32.2. The third-order valence-electron chi connectivity index (χ3n) is 5.00. The van der Waals surface area contributed by atoms with Gasteiger partial charge >= 0.3 is 0 Å². The lowest BCUT2D eigenvalue weighted by molar-refractivity contribution is -0.113. The van der Waals surface area contributed by atoms with Gasteiger partial charge in [-0.05, 0) is 48.9 Å². The van der Waals surface area contributed by atoms with Crippen LogP contribution < -0.4 is 14.8 Å². The van der Waals surface area contributed by atoms with Crippen LogP contribution in [0.3, 0.4) is 0 Å². The molecule has 0 bridgehead atoms. The lowest BCUT2D eigenvalue weighted by atomic mass is 10.1. The number of benzene rings is 3. The zero-order valence-corrected chi connectivity index (χ0v) is 19.9. The van der Waals surface area contributed by atoms with E-state index in [1.54, 1.807) is 13.2 Å². The summed E-state index contributed by atoms with van der Waals surface area (Å²) in [5, 5.41) is 12.4. The van der Waals surface area contributed by atoms with Gasteiger partial charge in [0.05, 0.1) is 19.5 Å². The largest absolute Gasteiger partial charge is 0.497 e. The maximum atomic E-state index is 12.6. The first-order chi connectivity index (χ1) is 16.7. The molecule has 7 nitrogen and oxygen atoms in total. The Morgan fingerprint density at radius 2 is 1.76 bits per heavy atom. The highest BCUT2D eigenvalue weighted by molar-refractivity contribution is 7.99. The first-order valence-electron chi connectivity index (χ1n) is 10.9. The first-order valence-corrected chi connectivity index (χ1v) is 11.9. The van der Waals surface area contributed by atoms with Gasteiger partial charge in [-0.1, -0.05) is 48.2 Å². The fourth-order valence-corrected chi connectivity index (χ4v) is 4.20. The Balaban J connectivity index is 1.54. The van der Waals surface area contributed by atoms with Crippen LogP contribution >= 0.6 is 11.8 Å². The zero-order chi connectivity index (χ0) is 23.8. The number of ether oxygens (including phenoxy) is 2. The summed E-state index contributed by atoms with van der Waals surface area (Å²) in [7, 11) is 1.59. The third kappa shape index (κ3) is 5.96. The van der Waals surface area contributed by atoms with Crippen molar-refractivity contribution in [2.24, 2.45) is 0 Å². The minimum Gasteiger partial charge on any atom is -0.497 e. The van der Waals surface area contributed by atoms with Crippen LogP contribution in [0.25, 0.3) is 5.69 Å². The number of carbonyl (C=O) groups is 1. The third-order valence-corrected chi connectivity index (χ3v) is 5.93. The van der Waals surface area contributed by atoms with Crippen molar-refractivity contribution in [2.75, 3.05) is 24.8 Å². The molecular weight excluding hydrogens is 448 g/mol. The van der Waals surface area contributed by atoms with Crippen molar-refractivity contribution >= 4 is 23.4 Å². The van der Waals surface area contributed by atoms with Crippen LogP contribution in [0.5, 0.6) is 11.5 Å². The Bertz CT molecular complexity index is 1230. The standard InChI is InChI=1S/C26H26N4O3S/c1-3-33-22-14-12-21(13-15-22)30-24(16-19-8-5-4-6-9-19)28-29-26(30)34-18-25(31)27-20-10-7-11-23(17-20)32-2/h4-15,17H,3,16,18H2,1-2H3,(H,27,31). The van der Waals surface area contributed by atoms with Gasteiger partial charge in [0.25, 0.3) is 0 Å². The molecule has 3 aromatic carbocycles. The molecule has 1 amide bonds. The molecule has 4 aromatic rings. The lowest BCUT2D eigenvalue weighted by Gasteiger charge is -2.12. The van der Waals surface area contributed by atoms with Crippen LogP contribution in [0.15, 0.2) is 84.0 Å². The molecule has 0 saturated heterocycles. The maximum Gasteiger partial charge on any atom is 0.234 e. The van der Waals surface area contributed by atoms with Crippen LogP contribution in [0, 0.1) is 0 Å². The molecule has 34 heavy (non-hydrogen) atoms. The predicted octanol–water partition coefficient (Wildman–Crippen LogP) is 5.00. The van der Waals surface area contributed by atoms with Crippen LogP contribution in [0.2, 0.25) is 0 Å². The summed E-state index contributed by atoms with van der Waals surface area (Å²) < 4.78 is 12.8. The minimum atomic E-state index is -0.135. The molecule has 1 aromatic heterocycles. The molecule has 0 radical (unpaired) electrons. The summed E-state index contributed by atoms with van der Waals surface area (Å²) in [6.07, 6.45) is 0.623. The van der Waals surface area contributed by atoms with Crippen LogP contribution in [0.4, 0.5) is 5.69 Å². The Morgan fingerprint density at radius 1 is 0.971 bits per heavy atom. The van der Waals surface area contributed by atoms with Gasteiger partial charge in [0, 0.05) is 23.9 Å². The molecule has 8 heteroatoms. The van der Waals surface area contributed by atoms with E-state index in [-0.39, 0.29) is 11.7 Å². The number of hydrogen-bond acceptors (Lipinski definition) is 6. The van der Waals surface area contributed by atoms with E-state index in [1.165, 1.54) is 11.8 Å². The van der Waals surface area contributed by atoms with Crippen molar-refractivity contribution in [3.05, 3.63) is 90.3 Å². The van der Waals surface area contributed by atoms with E-state index in [0.29, 0.717) is 29.6 Å². The average Bonchev–Trinajstić information content (AvgIpc) is 3.26. The van der Waals surface area contributed by atoms with Crippen molar-refractivity contribution in [3.8, 4) is 17.2 Å². The van der Waals surface area contributed by atoms with Crippen molar-refractivity contribution in [1.82, 2.24) is 14.8 Å². The number of nitrogens with one attached hydrogen (secondary N) is 1. The summed E-state index contributed by atoms with van der Waals surface area (Å²) in [6, 6.07) is 25.2. The second-order valence-electron chi connectivity index (χ2n) is 7.39. The Morgan fingerprint density at radius 3 is 2.50 bits per heavy atom. The van der Waals surface area contributed by atoms with Gasteiger partial charge in [0.15, 0.2) is 5.16 Å². The van der Waals surface area contributed by atoms with Crippen molar-refractivity contribution in [1.29, 1.82) is 0 Å². The molecule has 0 unspecified atom stereocenters. The number of amides is 1. The highest BCUT2D eigenvalue weighted by Gasteiger charge is 2.17. The van der Waals surface area contributed by atoms with Gasteiger partial charge in [-0.25, -0.2) is 0 Å². The van der Waals surface area contributed by atoms with Gasteiger partial charge in [-0.2, -0.15) is 0 Å². The summed E-state index contributed by atoms with van der Waals surface area (Å²) in [4.78, 5) is 12.6. The molecular formula is C26H26N4O3S. The van der Waals surface area contributed by atoms with Gasteiger partial charge in [0.1, 0.15) is 17.3 Å².